The van der Waals surface area contributed by atoms with E-state index >= 15 is 0 Å². The van der Waals surface area contributed by atoms with Gasteiger partial charge < -0.3 is 19.7 Å². The second-order valence-electron chi connectivity index (χ2n) is 14.1. The Morgan fingerprint density at radius 3 is 2.40 bits per heavy atom. The number of pyridine rings is 1. The minimum atomic E-state index is -0.582. The summed E-state index contributed by atoms with van der Waals surface area (Å²) >= 11 is 3.48. The van der Waals surface area contributed by atoms with Gasteiger partial charge in [0.1, 0.15) is 10.5 Å². The van der Waals surface area contributed by atoms with Crippen molar-refractivity contribution in [1.82, 2.24) is 24.6 Å². The van der Waals surface area contributed by atoms with E-state index in [4.69, 9.17) is 0 Å². The number of imide groups is 1. The molecule has 1 aromatic heterocycles. The molecule has 5 heterocycles. The van der Waals surface area contributed by atoms with E-state index in [0.717, 1.165) is 63.2 Å². The Bertz CT molecular complexity index is 1780. The van der Waals surface area contributed by atoms with Gasteiger partial charge in [0, 0.05) is 57.4 Å². The zero-order valence-electron chi connectivity index (χ0n) is 27.6. The number of carbonyl (C=O) groups is 3. The highest BCUT2D eigenvalue weighted by Gasteiger charge is 2.39. The molecule has 1 unspecified atom stereocenters. The third-order valence-electron chi connectivity index (χ3n) is 10.7. The molecule has 48 heavy (non-hydrogen) atoms. The molecule has 11 heteroatoms. The van der Waals surface area contributed by atoms with Crippen LogP contribution in [0.1, 0.15) is 76.6 Å². The van der Waals surface area contributed by atoms with Gasteiger partial charge in [-0.1, -0.05) is 36.4 Å². The lowest BCUT2D eigenvalue weighted by Crippen LogP contribution is -2.52. The number of aromatic nitrogens is 1. The number of hydrogen-bond acceptors (Lipinski definition) is 7. The van der Waals surface area contributed by atoms with Crippen molar-refractivity contribution < 1.29 is 14.4 Å². The average Bonchev–Trinajstić information content (AvgIpc) is 3.40. The number of likely N-dealkylation sites (N-methyl/N-ethyl adjacent to an activating group) is 1. The van der Waals surface area contributed by atoms with Crippen molar-refractivity contribution >= 4 is 39.3 Å². The van der Waals surface area contributed by atoms with Crippen LogP contribution in [0.25, 0.3) is 0 Å². The first-order valence-electron chi connectivity index (χ1n) is 17.0. The molecular weight excluding hydrogens is 672 g/mol. The van der Waals surface area contributed by atoms with Crippen LogP contribution in [-0.2, 0) is 29.7 Å². The Labute approximate surface area is 289 Å². The lowest BCUT2D eigenvalue weighted by Gasteiger charge is -2.37. The fraction of sp³-hybridized carbons (Fsp3) is 0.459. The lowest BCUT2D eigenvalue weighted by atomic mass is 9.87. The number of nitrogens with one attached hydrogen (secondary N) is 2. The number of rotatable bonds is 7. The molecular formula is C37H43BrN6O4. The number of benzene rings is 2. The van der Waals surface area contributed by atoms with E-state index in [9.17, 15) is 19.2 Å². The van der Waals surface area contributed by atoms with Crippen LogP contribution in [0.3, 0.4) is 0 Å². The highest BCUT2D eigenvalue weighted by molar-refractivity contribution is 9.10. The molecule has 10 nitrogen and oxygen atoms in total. The van der Waals surface area contributed by atoms with Gasteiger partial charge in [0.25, 0.3) is 11.5 Å². The first-order valence-corrected chi connectivity index (χ1v) is 17.8. The van der Waals surface area contributed by atoms with Gasteiger partial charge in [-0.3, -0.25) is 29.4 Å². The Balaban J connectivity index is 0.921. The van der Waals surface area contributed by atoms with E-state index in [-0.39, 0.29) is 35.7 Å². The number of likely N-dealkylation sites (tertiary alicyclic amines) is 2. The number of anilines is 1. The van der Waals surface area contributed by atoms with Crippen molar-refractivity contribution in [3.63, 3.8) is 0 Å². The summed E-state index contributed by atoms with van der Waals surface area (Å²) in [6, 6.07) is 17.0. The van der Waals surface area contributed by atoms with Gasteiger partial charge in [-0.15, -0.1) is 0 Å². The van der Waals surface area contributed by atoms with Gasteiger partial charge in [-0.05, 0) is 108 Å². The maximum Gasteiger partial charge on any atom is 0.266 e. The summed E-state index contributed by atoms with van der Waals surface area (Å²) in [6.07, 6.45) is 5.58. The number of nitrogens with zero attached hydrogens (tertiary/aromatic N) is 4. The quantitative estimate of drug-likeness (QED) is 0.354. The molecule has 0 radical (unpaired) electrons. The predicted octanol–water partition coefficient (Wildman–Crippen LogP) is 4.19. The minimum Gasteiger partial charge on any atom is -0.380 e. The normalized spacial score (nSPS) is 24.1. The van der Waals surface area contributed by atoms with Gasteiger partial charge in [0.05, 0.1) is 5.69 Å². The van der Waals surface area contributed by atoms with E-state index in [1.54, 1.807) is 22.7 Å². The van der Waals surface area contributed by atoms with Gasteiger partial charge in [0.15, 0.2) is 0 Å². The number of fused-ring (bicyclic) bond motifs is 1. The molecule has 0 bridgehead atoms. The molecule has 252 valence electrons. The molecule has 3 aromatic rings. The monoisotopic (exact) mass is 714 g/mol. The molecule has 3 fully saturated rings. The number of halogens is 1. The van der Waals surface area contributed by atoms with E-state index in [1.807, 2.05) is 12.1 Å². The number of aryl methyl sites for hydroxylation is 1. The van der Waals surface area contributed by atoms with Crippen LogP contribution in [0.15, 0.2) is 64.0 Å². The largest absolute Gasteiger partial charge is 0.380 e. The van der Waals surface area contributed by atoms with Crippen molar-refractivity contribution in [2.45, 2.75) is 69.1 Å². The Morgan fingerprint density at radius 1 is 0.896 bits per heavy atom. The first kappa shape index (κ1) is 32.7. The Kier molecular flexibility index (Phi) is 9.28. The SMILES string of the molecule is CN1C[C@@H](Nc2ccn(C)c(=O)c2Br)C[C@@H](c2ccc(CN3CCC(c4ccc5c(c4)CN(C4CCC(=O)NC4=O)C5=O)CC3)cc2)C1. The maximum absolute atomic E-state index is 13.1. The van der Waals surface area contributed by atoms with Gasteiger partial charge in [-0.25, -0.2) is 0 Å². The van der Waals surface area contributed by atoms with Gasteiger partial charge in [-0.2, -0.15) is 0 Å². The molecule has 2 N–H and O–H groups in total. The van der Waals surface area contributed by atoms with Crippen LogP contribution in [0.4, 0.5) is 5.69 Å². The minimum absolute atomic E-state index is 0.0402. The van der Waals surface area contributed by atoms with Gasteiger partial charge in [0.2, 0.25) is 11.8 Å². The zero-order chi connectivity index (χ0) is 33.5. The molecule has 0 saturated carbocycles. The van der Waals surface area contributed by atoms with Crippen molar-refractivity contribution in [2.24, 2.45) is 7.05 Å². The number of hydrogen-bond donors (Lipinski definition) is 2. The van der Waals surface area contributed by atoms with E-state index in [1.165, 1.54) is 16.7 Å². The summed E-state index contributed by atoms with van der Waals surface area (Å²) in [7, 11) is 3.92. The van der Waals surface area contributed by atoms with Crippen LogP contribution in [-0.4, -0.2) is 82.3 Å². The van der Waals surface area contributed by atoms with Crippen LogP contribution in [0.5, 0.6) is 0 Å². The number of piperidine rings is 3. The summed E-state index contributed by atoms with van der Waals surface area (Å²) < 4.78 is 2.15. The highest BCUT2D eigenvalue weighted by Crippen LogP contribution is 2.34. The van der Waals surface area contributed by atoms with E-state index < -0.39 is 6.04 Å². The average molecular weight is 716 g/mol. The summed E-state index contributed by atoms with van der Waals surface area (Å²) in [5.41, 5.74) is 6.40. The molecule has 7 rings (SSSR count). The molecule has 4 aliphatic heterocycles. The van der Waals surface area contributed by atoms with Crippen molar-refractivity contribution in [3.05, 3.63) is 97.4 Å². The van der Waals surface area contributed by atoms with Crippen molar-refractivity contribution in [2.75, 3.05) is 38.5 Å². The topological polar surface area (TPSA) is 107 Å². The fourth-order valence-corrected chi connectivity index (χ4v) is 8.55. The van der Waals surface area contributed by atoms with Crippen LogP contribution in [0, 0.1) is 0 Å². The summed E-state index contributed by atoms with van der Waals surface area (Å²) in [5, 5.41) is 5.99. The maximum atomic E-state index is 13.1. The van der Waals surface area contributed by atoms with Crippen LogP contribution < -0.4 is 16.2 Å². The number of amides is 3. The summed E-state index contributed by atoms with van der Waals surface area (Å²) in [5.74, 6) is 0.0970. The smallest absolute Gasteiger partial charge is 0.266 e. The molecule has 2 aromatic carbocycles. The number of carbonyl (C=O) groups excluding carboxylic acids is 3. The van der Waals surface area contributed by atoms with E-state index in [2.05, 4.69) is 79.8 Å². The second-order valence-corrected chi connectivity index (χ2v) is 14.9. The third kappa shape index (κ3) is 6.73. The Hall–Kier alpha value is -3.80. The predicted molar refractivity (Wildman–Crippen MR) is 188 cm³/mol. The molecule has 0 spiro atoms. The lowest BCUT2D eigenvalue weighted by molar-refractivity contribution is -0.136. The molecule has 3 atom stereocenters. The Morgan fingerprint density at radius 2 is 1.65 bits per heavy atom. The molecule has 3 saturated heterocycles. The first-order chi connectivity index (χ1) is 23.1. The van der Waals surface area contributed by atoms with Gasteiger partial charge >= 0.3 is 0 Å². The molecule has 0 aliphatic carbocycles. The summed E-state index contributed by atoms with van der Waals surface area (Å²) in [6.45, 7) is 5.32. The molecule has 4 aliphatic rings. The highest BCUT2D eigenvalue weighted by atomic mass is 79.9. The molecule has 3 amide bonds. The van der Waals surface area contributed by atoms with Crippen molar-refractivity contribution in [1.29, 1.82) is 0 Å². The zero-order valence-corrected chi connectivity index (χ0v) is 29.2. The van der Waals surface area contributed by atoms with E-state index in [0.29, 0.717) is 34.8 Å². The van der Waals surface area contributed by atoms with Crippen LogP contribution >= 0.6 is 15.9 Å². The second kappa shape index (κ2) is 13.6. The third-order valence-corrected chi connectivity index (χ3v) is 11.4. The fourth-order valence-electron chi connectivity index (χ4n) is 8.02. The summed E-state index contributed by atoms with van der Waals surface area (Å²) in [4.78, 5) is 56.0. The standard InChI is InChI=1S/C37H43BrN6O4/c1-41-20-27(18-29(22-41)39-31-13-14-42(2)37(48)34(31)38)24-5-3-23(4-6-24)19-43-15-11-25(12-16-43)26-7-8-30-28(17-26)21-44(36(30)47)32-9-10-33(45)40-35(32)46/h3-8,13-14,17,25,27,29,32,39H,9-12,15-16,18-22H2,1-2H3,(H,40,45,46)/t27-,29+,32?/m1/s1. The van der Waals surface area contributed by atoms with Crippen LogP contribution in [0.2, 0.25) is 0 Å². The van der Waals surface area contributed by atoms with Crippen molar-refractivity contribution in [3.8, 4) is 0 Å².